The first-order valence-electron chi connectivity index (χ1n) is 9.47. The zero-order valence-electron chi connectivity index (χ0n) is 17.2. The molecule has 0 unspecified atom stereocenters. The predicted octanol–water partition coefficient (Wildman–Crippen LogP) is 2.87. The second kappa shape index (κ2) is 10.1. The monoisotopic (exact) mass is 424 g/mol. The van der Waals surface area contributed by atoms with Gasteiger partial charge in [-0.2, -0.15) is 0 Å². The summed E-state index contributed by atoms with van der Waals surface area (Å²) in [7, 11) is 1.44. The molecule has 8 heteroatoms. The highest BCUT2D eigenvalue weighted by atomic mass is 32.2. The van der Waals surface area contributed by atoms with E-state index in [4.69, 9.17) is 4.74 Å². The Morgan fingerprint density at radius 2 is 1.83 bits per heavy atom. The highest BCUT2D eigenvalue weighted by molar-refractivity contribution is 7.98. The molecule has 0 spiro atoms. The third kappa shape index (κ3) is 5.93. The number of aromatic nitrogens is 3. The van der Waals surface area contributed by atoms with E-state index in [1.165, 1.54) is 24.9 Å². The number of methoxy groups -OCH3 is 1. The van der Waals surface area contributed by atoms with Crippen molar-refractivity contribution in [2.24, 2.45) is 0 Å². The third-order valence-electron chi connectivity index (χ3n) is 4.36. The zero-order valence-corrected chi connectivity index (χ0v) is 18.0. The van der Waals surface area contributed by atoms with Crippen molar-refractivity contribution in [3.05, 3.63) is 81.5 Å². The van der Waals surface area contributed by atoms with Crippen LogP contribution in [0.25, 0.3) is 0 Å². The number of rotatable bonds is 8. The van der Waals surface area contributed by atoms with Crippen LogP contribution in [-0.2, 0) is 23.6 Å². The molecule has 0 bridgehead atoms. The molecule has 0 aliphatic rings. The van der Waals surface area contributed by atoms with E-state index < -0.39 is 0 Å². The van der Waals surface area contributed by atoms with E-state index in [1.807, 2.05) is 50.2 Å². The number of carbonyl (C=O) groups excluding carboxylic acids is 1. The average Bonchev–Trinajstić information content (AvgIpc) is 2.72. The van der Waals surface area contributed by atoms with E-state index in [1.54, 1.807) is 10.8 Å². The molecule has 1 aromatic carbocycles. The quantitative estimate of drug-likeness (QED) is 0.442. The van der Waals surface area contributed by atoms with Gasteiger partial charge < -0.3 is 14.6 Å². The first kappa shape index (κ1) is 21.6. The van der Waals surface area contributed by atoms with Gasteiger partial charge in [-0.25, -0.2) is 9.97 Å². The molecule has 2 heterocycles. The van der Waals surface area contributed by atoms with Crippen molar-refractivity contribution >= 4 is 17.7 Å². The Kier molecular flexibility index (Phi) is 7.24. The van der Waals surface area contributed by atoms with E-state index in [0.717, 1.165) is 17.0 Å². The fourth-order valence-corrected chi connectivity index (χ4v) is 3.87. The molecule has 0 aliphatic heterocycles. The Bertz CT molecular complexity index is 1060. The van der Waals surface area contributed by atoms with Crippen LogP contribution in [0.3, 0.4) is 0 Å². The summed E-state index contributed by atoms with van der Waals surface area (Å²) in [4.78, 5) is 33.6. The molecular weight excluding hydrogens is 400 g/mol. The van der Waals surface area contributed by atoms with Crippen molar-refractivity contribution in [3.63, 3.8) is 0 Å². The molecule has 7 nitrogen and oxygen atoms in total. The van der Waals surface area contributed by atoms with Crippen LogP contribution in [0.5, 0.6) is 5.75 Å². The van der Waals surface area contributed by atoms with E-state index in [9.17, 15) is 9.59 Å². The number of nitrogens with zero attached hydrogens (tertiary/aromatic N) is 3. The molecule has 3 aromatic rings. The van der Waals surface area contributed by atoms with Crippen LogP contribution in [0.2, 0.25) is 0 Å². The highest BCUT2D eigenvalue weighted by Crippen LogP contribution is 2.20. The molecule has 0 fully saturated rings. The van der Waals surface area contributed by atoms with Crippen LogP contribution < -0.4 is 15.5 Å². The van der Waals surface area contributed by atoms with Gasteiger partial charge in [0.2, 0.25) is 11.3 Å². The molecule has 0 saturated heterocycles. The number of benzene rings is 1. The molecule has 3 rings (SSSR count). The Balaban J connectivity index is 1.74. The number of aryl methyl sites for hydroxylation is 2. The van der Waals surface area contributed by atoms with Gasteiger partial charge in [-0.05, 0) is 25.5 Å². The predicted molar refractivity (Wildman–Crippen MR) is 117 cm³/mol. The second-order valence-corrected chi connectivity index (χ2v) is 7.75. The molecule has 0 aliphatic carbocycles. The highest BCUT2D eigenvalue weighted by Gasteiger charge is 2.12. The summed E-state index contributed by atoms with van der Waals surface area (Å²) in [6.07, 6.45) is 1.57. The van der Waals surface area contributed by atoms with Crippen molar-refractivity contribution in [1.29, 1.82) is 0 Å². The number of amides is 1. The number of nitrogens with one attached hydrogen (secondary N) is 1. The molecule has 1 N–H and O–H groups in total. The van der Waals surface area contributed by atoms with Crippen molar-refractivity contribution in [3.8, 4) is 5.75 Å². The minimum Gasteiger partial charge on any atom is -0.491 e. The molecule has 2 aromatic heterocycles. The van der Waals surface area contributed by atoms with Crippen LogP contribution in [0.15, 0.2) is 58.6 Å². The summed E-state index contributed by atoms with van der Waals surface area (Å²) >= 11 is 1.42. The fourth-order valence-electron chi connectivity index (χ4n) is 2.92. The Hall–Kier alpha value is -3.13. The van der Waals surface area contributed by atoms with Crippen LogP contribution in [0.4, 0.5) is 0 Å². The van der Waals surface area contributed by atoms with Gasteiger partial charge in [-0.3, -0.25) is 9.59 Å². The zero-order chi connectivity index (χ0) is 21.5. The maximum atomic E-state index is 12.5. The summed E-state index contributed by atoms with van der Waals surface area (Å²) in [6, 6.07) is 13.1. The number of thioether (sulfide) groups is 1. The molecular formula is C22H24N4O3S. The molecule has 1 amide bonds. The SMILES string of the molecule is COc1cn(CC(=O)NCc2ccccc2)c(CSc2nc(C)cc(C)n2)cc1=O. The van der Waals surface area contributed by atoms with Gasteiger partial charge in [-0.1, -0.05) is 42.1 Å². The Morgan fingerprint density at radius 3 is 2.50 bits per heavy atom. The summed E-state index contributed by atoms with van der Waals surface area (Å²) in [5.74, 6) is 0.495. The lowest BCUT2D eigenvalue weighted by molar-refractivity contribution is -0.121. The first-order valence-corrected chi connectivity index (χ1v) is 10.5. The van der Waals surface area contributed by atoms with Gasteiger partial charge in [0, 0.05) is 35.4 Å². The van der Waals surface area contributed by atoms with Crippen molar-refractivity contribution in [2.45, 2.75) is 37.8 Å². The van der Waals surface area contributed by atoms with Crippen molar-refractivity contribution < 1.29 is 9.53 Å². The summed E-state index contributed by atoms with van der Waals surface area (Å²) in [6.45, 7) is 4.35. The van der Waals surface area contributed by atoms with Gasteiger partial charge in [0.25, 0.3) is 0 Å². The van der Waals surface area contributed by atoms with Crippen LogP contribution >= 0.6 is 11.8 Å². The molecule has 156 valence electrons. The topological polar surface area (TPSA) is 86.1 Å². The van der Waals surface area contributed by atoms with Crippen molar-refractivity contribution in [2.75, 3.05) is 7.11 Å². The largest absolute Gasteiger partial charge is 0.491 e. The smallest absolute Gasteiger partial charge is 0.240 e. The summed E-state index contributed by atoms with van der Waals surface area (Å²) < 4.78 is 6.88. The maximum Gasteiger partial charge on any atom is 0.240 e. The van der Waals surface area contributed by atoms with Gasteiger partial charge in [0.15, 0.2) is 10.9 Å². The standard InChI is InChI=1S/C22H24N4O3S/c1-15-9-16(2)25-22(24-15)30-14-18-10-19(27)20(29-3)12-26(18)13-21(28)23-11-17-7-5-4-6-8-17/h4-10,12H,11,13-14H2,1-3H3,(H,23,28). The van der Waals surface area contributed by atoms with Gasteiger partial charge in [0.05, 0.1) is 13.3 Å². The van der Waals surface area contributed by atoms with Crippen LogP contribution in [-0.4, -0.2) is 27.6 Å². The molecule has 0 radical (unpaired) electrons. The number of carbonyl (C=O) groups is 1. The molecule has 0 atom stereocenters. The van der Waals surface area contributed by atoms with E-state index in [0.29, 0.717) is 23.1 Å². The number of hydrogen-bond acceptors (Lipinski definition) is 6. The average molecular weight is 425 g/mol. The summed E-state index contributed by atoms with van der Waals surface area (Å²) in [5, 5.41) is 3.54. The minimum atomic E-state index is -0.226. The number of pyridine rings is 1. The second-order valence-electron chi connectivity index (χ2n) is 6.81. The van der Waals surface area contributed by atoms with Crippen molar-refractivity contribution in [1.82, 2.24) is 19.9 Å². The number of hydrogen-bond donors (Lipinski definition) is 1. The van der Waals surface area contributed by atoms with Gasteiger partial charge in [0.1, 0.15) is 6.54 Å². The van der Waals surface area contributed by atoms with E-state index in [-0.39, 0.29) is 23.6 Å². The Morgan fingerprint density at radius 1 is 1.13 bits per heavy atom. The lowest BCUT2D eigenvalue weighted by Gasteiger charge is -2.15. The first-order chi connectivity index (χ1) is 14.4. The van der Waals surface area contributed by atoms with Crippen LogP contribution in [0, 0.1) is 13.8 Å². The molecule has 0 saturated carbocycles. The van der Waals surface area contributed by atoms with E-state index in [2.05, 4.69) is 15.3 Å². The minimum absolute atomic E-state index is 0.0765. The number of ether oxygens (including phenoxy) is 1. The normalized spacial score (nSPS) is 10.6. The maximum absolute atomic E-state index is 12.5. The van der Waals surface area contributed by atoms with Crippen LogP contribution in [0.1, 0.15) is 22.6 Å². The summed E-state index contributed by atoms with van der Waals surface area (Å²) in [5.41, 5.74) is 3.26. The fraction of sp³-hybridized carbons (Fsp3) is 0.273. The van der Waals surface area contributed by atoms with Gasteiger partial charge >= 0.3 is 0 Å². The van der Waals surface area contributed by atoms with Gasteiger partial charge in [-0.15, -0.1) is 0 Å². The third-order valence-corrected chi connectivity index (χ3v) is 5.24. The van der Waals surface area contributed by atoms with E-state index >= 15 is 0 Å². The lowest BCUT2D eigenvalue weighted by atomic mass is 10.2. The Labute approximate surface area is 179 Å². The molecule has 30 heavy (non-hydrogen) atoms. The lowest BCUT2D eigenvalue weighted by Crippen LogP contribution is -2.28.